The summed E-state index contributed by atoms with van der Waals surface area (Å²) < 4.78 is 45.3. The molecule has 1 aromatic carbocycles. The van der Waals surface area contributed by atoms with Gasteiger partial charge in [0.1, 0.15) is 11.6 Å². The number of alkyl halides is 3. The fraction of sp³-hybridized carbons (Fsp3) is 0.455. The van der Waals surface area contributed by atoms with E-state index in [-0.39, 0.29) is 0 Å². The third-order valence-electron chi connectivity index (χ3n) is 5.05. The number of hydrogen-bond acceptors (Lipinski definition) is 5. The first-order chi connectivity index (χ1) is 14.8. The number of halogens is 3. The summed E-state index contributed by atoms with van der Waals surface area (Å²) in [4.78, 5) is 26.3. The number of nitrogens with zero attached hydrogens (tertiary/aromatic N) is 3. The molecule has 1 aromatic heterocycles. The molecule has 172 valence electrons. The molecule has 0 aliphatic carbocycles. The summed E-state index contributed by atoms with van der Waals surface area (Å²) >= 11 is 0. The van der Waals surface area contributed by atoms with Crippen molar-refractivity contribution in [1.82, 2.24) is 15.1 Å². The van der Waals surface area contributed by atoms with E-state index in [1.54, 1.807) is 51.1 Å². The molecule has 32 heavy (non-hydrogen) atoms. The van der Waals surface area contributed by atoms with Gasteiger partial charge in [0.05, 0.1) is 11.6 Å². The van der Waals surface area contributed by atoms with Gasteiger partial charge in [0.25, 0.3) is 0 Å². The minimum Gasteiger partial charge on any atom is -0.444 e. The van der Waals surface area contributed by atoms with Gasteiger partial charge in [-0.15, -0.1) is 0 Å². The predicted molar refractivity (Wildman–Crippen MR) is 112 cm³/mol. The van der Waals surface area contributed by atoms with Crippen LogP contribution in [0.3, 0.4) is 0 Å². The summed E-state index contributed by atoms with van der Waals surface area (Å²) in [7, 11) is 0. The molecule has 0 radical (unpaired) electrons. The number of aromatic nitrogens is 2. The van der Waals surface area contributed by atoms with Gasteiger partial charge in [-0.25, -0.2) is 4.79 Å². The number of anilines is 1. The van der Waals surface area contributed by atoms with Crippen LogP contribution in [0, 0.1) is 12.8 Å². The Hall–Kier alpha value is -3.17. The largest absolute Gasteiger partial charge is 0.444 e. The maximum absolute atomic E-state index is 13.4. The molecule has 0 unspecified atom stereocenters. The van der Waals surface area contributed by atoms with Crippen molar-refractivity contribution in [1.29, 1.82) is 0 Å². The quantitative estimate of drug-likeness (QED) is 0.740. The summed E-state index contributed by atoms with van der Waals surface area (Å²) in [6.45, 7) is 6.06. The lowest BCUT2D eigenvalue weighted by atomic mass is 10.0. The van der Waals surface area contributed by atoms with E-state index in [0.29, 0.717) is 11.4 Å². The third-order valence-corrected chi connectivity index (χ3v) is 5.05. The van der Waals surface area contributed by atoms with E-state index in [2.05, 4.69) is 15.5 Å². The van der Waals surface area contributed by atoms with Crippen LogP contribution in [-0.4, -0.2) is 51.5 Å². The molecule has 2 heterocycles. The standard InChI is InChI=1S/C22H25F3N4O3/c1-13-7-8-15(11-16(13)17-6-5-9-26-28-17)27-19(30)18-10-14(22(23,24)25)12-29(18)20(31)32-21(2,3)4/h5-9,11,14,18H,10,12H2,1-4H3,(H,27,30)/t14-,18-/m0/s1. The Bertz CT molecular complexity index is 990. The molecule has 1 aliphatic rings. The van der Waals surface area contributed by atoms with Gasteiger partial charge in [-0.2, -0.15) is 23.4 Å². The zero-order valence-electron chi connectivity index (χ0n) is 18.2. The van der Waals surface area contributed by atoms with E-state index in [1.807, 2.05) is 6.92 Å². The lowest BCUT2D eigenvalue weighted by Crippen LogP contribution is -2.45. The Balaban J connectivity index is 1.83. The Morgan fingerprint density at radius 3 is 2.50 bits per heavy atom. The van der Waals surface area contributed by atoms with Crippen LogP contribution in [0.2, 0.25) is 0 Å². The first-order valence-corrected chi connectivity index (χ1v) is 10.1. The van der Waals surface area contributed by atoms with Gasteiger partial charge in [0.15, 0.2) is 0 Å². The van der Waals surface area contributed by atoms with Gasteiger partial charge in [-0.05, 0) is 63.9 Å². The highest BCUT2D eigenvalue weighted by atomic mass is 19.4. The number of benzene rings is 1. The average molecular weight is 450 g/mol. The number of aryl methyl sites for hydroxylation is 1. The fourth-order valence-corrected chi connectivity index (χ4v) is 3.49. The number of amides is 2. The second-order valence-corrected chi connectivity index (χ2v) is 8.75. The van der Waals surface area contributed by atoms with Crippen LogP contribution in [0.1, 0.15) is 32.8 Å². The number of hydrogen-bond donors (Lipinski definition) is 1. The van der Waals surface area contributed by atoms with E-state index in [9.17, 15) is 22.8 Å². The summed E-state index contributed by atoms with van der Waals surface area (Å²) in [6, 6.07) is 7.25. The van der Waals surface area contributed by atoms with E-state index < -0.39 is 48.7 Å². The van der Waals surface area contributed by atoms with Crippen molar-refractivity contribution < 1.29 is 27.5 Å². The molecule has 2 atom stereocenters. The molecule has 2 aromatic rings. The molecule has 7 nitrogen and oxygen atoms in total. The normalized spacial score (nSPS) is 19.0. The zero-order chi connectivity index (χ0) is 23.7. The number of ether oxygens (including phenoxy) is 1. The summed E-state index contributed by atoms with van der Waals surface area (Å²) in [5.41, 5.74) is 1.67. The average Bonchev–Trinajstić information content (AvgIpc) is 3.15. The number of likely N-dealkylation sites (tertiary alicyclic amines) is 1. The van der Waals surface area contributed by atoms with Crippen molar-refractivity contribution in [2.24, 2.45) is 5.92 Å². The second kappa shape index (κ2) is 8.76. The Morgan fingerprint density at radius 1 is 1.19 bits per heavy atom. The Kier molecular flexibility index (Phi) is 6.43. The molecule has 0 saturated carbocycles. The van der Waals surface area contributed by atoms with Crippen LogP contribution in [-0.2, 0) is 9.53 Å². The summed E-state index contributed by atoms with van der Waals surface area (Å²) in [6.07, 6.45) is -4.48. The highest BCUT2D eigenvalue weighted by Crippen LogP contribution is 2.37. The van der Waals surface area contributed by atoms with Crippen molar-refractivity contribution in [3.8, 4) is 11.3 Å². The SMILES string of the molecule is Cc1ccc(NC(=O)[C@@H]2C[C@H](C(F)(F)F)CN2C(=O)OC(C)(C)C)cc1-c1cccnn1. The van der Waals surface area contributed by atoms with Crippen molar-refractivity contribution in [2.45, 2.75) is 51.9 Å². The van der Waals surface area contributed by atoms with E-state index in [1.165, 1.54) is 6.20 Å². The lowest BCUT2D eigenvalue weighted by Gasteiger charge is -2.28. The third kappa shape index (κ3) is 5.54. The molecule has 10 heteroatoms. The van der Waals surface area contributed by atoms with Crippen molar-refractivity contribution in [3.05, 3.63) is 42.1 Å². The van der Waals surface area contributed by atoms with Crippen molar-refractivity contribution >= 4 is 17.7 Å². The molecular weight excluding hydrogens is 425 g/mol. The van der Waals surface area contributed by atoms with Gasteiger partial charge in [-0.3, -0.25) is 9.69 Å². The van der Waals surface area contributed by atoms with Crippen LogP contribution in [0.25, 0.3) is 11.3 Å². The van der Waals surface area contributed by atoms with Crippen LogP contribution in [0.15, 0.2) is 36.5 Å². The van der Waals surface area contributed by atoms with Crippen LogP contribution in [0.4, 0.5) is 23.7 Å². The Labute approximate surface area is 184 Å². The van der Waals surface area contributed by atoms with E-state index >= 15 is 0 Å². The number of carbonyl (C=O) groups is 2. The first kappa shape index (κ1) is 23.5. The van der Waals surface area contributed by atoms with Gasteiger partial charge in [0, 0.05) is 24.0 Å². The minimum absolute atomic E-state index is 0.376. The Morgan fingerprint density at radius 2 is 1.91 bits per heavy atom. The van der Waals surface area contributed by atoms with Gasteiger partial charge >= 0.3 is 12.3 Å². The monoisotopic (exact) mass is 450 g/mol. The molecule has 0 spiro atoms. The van der Waals surface area contributed by atoms with Crippen LogP contribution >= 0.6 is 0 Å². The number of rotatable bonds is 3. The second-order valence-electron chi connectivity index (χ2n) is 8.75. The molecular formula is C22H25F3N4O3. The van der Waals surface area contributed by atoms with Gasteiger partial charge < -0.3 is 10.1 Å². The molecule has 2 amide bonds. The minimum atomic E-state index is -4.53. The fourth-order valence-electron chi connectivity index (χ4n) is 3.49. The van der Waals surface area contributed by atoms with Gasteiger partial charge in [0.2, 0.25) is 5.91 Å². The molecule has 1 saturated heterocycles. The lowest BCUT2D eigenvalue weighted by molar-refractivity contribution is -0.170. The number of carbonyl (C=O) groups excluding carboxylic acids is 2. The summed E-state index contributed by atoms with van der Waals surface area (Å²) in [5.74, 6) is -2.52. The molecule has 0 bridgehead atoms. The first-order valence-electron chi connectivity index (χ1n) is 10.1. The molecule has 1 aliphatic heterocycles. The maximum Gasteiger partial charge on any atom is 0.410 e. The topological polar surface area (TPSA) is 84.4 Å². The van der Waals surface area contributed by atoms with Crippen LogP contribution in [0.5, 0.6) is 0 Å². The van der Waals surface area contributed by atoms with E-state index in [4.69, 9.17) is 4.74 Å². The van der Waals surface area contributed by atoms with Gasteiger partial charge in [-0.1, -0.05) is 6.07 Å². The number of nitrogens with one attached hydrogen (secondary N) is 1. The zero-order valence-corrected chi connectivity index (χ0v) is 18.2. The molecule has 1 fully saturated rings. The molecule has 1 N–H and O–H groups in total. The maximum atomic E-state index is 13.4. The van der Waals surface area contributed by atoms with Crippen molar-refractivity contribution in [3.63, 3.8) is 0 Å². The highest BCUT2D eigenvalue weighted by molar-refractivity contribution is 5.97. The molecule has 3 rings (SSSR count). The summed E-state index contributed by atoms with van der Waals surface area (Å²) in [5, 5.41) is 10.5. The highest BCUT2D eigenvalue weighted by Gasteiger charge is 2.51. The predicted octanol–water partition coefficient (Wildman–Crippen LogP) is 4.58. The van der Waals surface area contributed by atoms with E-state index in [0.717, 1.165) is 16.0 Å². The smallest absolute Gasteiger partial charge is 0.410 e. The van der Waals surface area contributed by atoms with Crippen molar-refractivity contribution in [2.75, 3.05) is 11.9 Å². The van der Waals surface area contributed by atoms with Crippen LogP contribution < -0.4 is 5.32 Å².